The van der Waals surface area contributed by atoms with Crippen LogP contribution in [0.5, 0.6) is 5.75 Å². The van der Waals surface area contributed by atoms with Gasteiger partial charge in [-0.3, -0.25) is 4.79 Å². The second-order valence-corrected chi connectivity index (χ2v) is 7.04. The highest BCUT2D eigenvalue weighted by atomic mass is 35.5. The molecule has 1 aromatic heterocycles. The lowest BCUT2D eigenvalue weighted by Gasteiger charge is -2.11. The van der Waals surface area contributed by atoms with Crippen LogP contribution in [0.3, 0.4) is 0 Å². The molecule has 1 N–H and O–H groups in total. The number of anilines is 1. The van der Waals surface area contributed by atoms with E-state index < -0.39 is 0 Å². The summed E-state index contributed by atoms with van der Waals surface area (Å²) in [5.41, 5.74) is 5.15. The highest BCUT2D eigenvalue weighted by molar-refractivity contribution is 6.31. The van der Waals surface area contributed by atoms with E-state index >= 15 is 0 Å². The highest BCUT2D eigenvalue weighted by Gasteiger charge is 2.14. The number of hydrogen-bond donors (Lipinski definition) is 1. The van der Waals surface area contributed by atoms with E-state index in [1.807, 2.05) is 45.9 Å². The first kappa shape index (κ1) is 19.1. The van der Waals surface area contributed by atoms with Gasteiger partial charge < -0.3 is 14.5 Å². The van der Waals surface area contributed by atoms with Crippen LogP contribution < -0.4 is 10.1 Å². The third-order valence-electron chi connectivity index (χ3n) is 4.73. The third kappa shape index (κ3) is 3.86. The van der Waals surface area contributed by atoms with E-state index in [0.29, 0.717) is 16.5 Å². The molecule has 3 aromatic rings. The van der Waals surface area contributed by atoms with Gasteiger partial charge in [0.25, 0.3) is 0 Å². The van der Waals surface area contributed by atoms with Crippen LogP contribution in [0, 0.1) is 20.8 Å². The first-order valence-electron chi connectivity index (χ1n) is 8.63. The molecule has 0 unspecified atom stereocenters. The van der Waals surface area contributed by atoms with Gasteiger partial charge in [-0.25, -0.2) is 0 Å². The minimum atomic E-state index is -0.222. The molecule has 140 valence electrons. The van der Waals surface area contributed by atoms with Crippen molar-refractivity contribution in [1.29, 1.82) is 0 Å². The van der Waals surface area contributed by atoms with Crippen molar-refractivity contribution < 1.29 is 13.9 Å². The average molecular weight is 384 g/mol. The van der Waals surface area contributed by atoms with Gasteiger partial charge in [0.05, 0.1) is 7.11 Å². The maximum Gasteiger partial charge on any atom is 0.248 e. The van der Waals surface area contributed by atoms with Crippen molar-refractivity contribution in [1.82, 2.24) is 0 Å². The molecule has 0 aliphatic carbocycles. The number of amides is 1. The van der Waals surface area contributed by atoms with Crippen molar-refractivity contribution in [2.75, 3.05) is 12.4 Å². The number of benzene rings is 2. The molecule has 1 amide bonds. The lowest BCUT2D eigenvalue weighted by Crippen LogP contribution is -2.09. The number of methoxy groups -OCH3 is 1. The molecule has 4 nitrogen and oxygen atoms in total. The topological polar surface area (TPSA) is 51.5 Å². The molecule has 0 aliphatic heterocycles. The van der Waals surface area contributed by atoms with Gasteiger partial charge in [0.2, 0.25) is 5.91 Å². The average Bonchev–Trinajstić information content (AvgIpc) is 2.90. The number of carbonyl (C=O) groups is 1. The van der Waals surface area contributed by atoms with E-state index in [1.165, 1.54) is 0 Å². The molecule has 0 atom stereocenters. The van der Waals surface area contributed by atoms with Crippen molar-refractivity contribution in [3.8, 4) is 5.75 Å². The third-order valence-corrected chi connectivity index (χ3v) is 4.96. The molecule has 0 fully saturated rings. The molecule has 0 bridgehead atoms. The smallest absolute Gasteiger partial charge is 0.248 e. The quantitative estimate of drug-likeness (QED) is 0.557. The van der Waals surface area contributed by atoms with Crippen molar-refractivity contribution in [3.63, 3.8) is 0 Å². The van der Waals surface area contributed by atoms with Gasteiger partial charge in [0, 0.05) is 33.8 Å². The number of allylic oxidation sites excluding steroid dienone is 1. The Bertz CT molecular complexity index is 1060. The Morgan fingerprint density at radius 3 is 2.63 bits per heavy atom. The van der Waals surface area contributed by atoms with Gasteiger partial charge >= 0.3 is 0 Å². The number of fused-ring (bicyclic) bond motifs is 1. The second kappa shape index (κ2) is 7.49. The number of hydrogen-bond acceptors (Lipinski definition) is 3. The fourth-order valence-corrected chi connectivity index (χ4v) is 3.19. The Balaban J connectivity index is 1.96. The Morgan fingerprint density at radius 1 is 1.19 bits per heavy atom. The number of nitrogens with one attached hydrogen (secondary N) is 1. The van der Waals surface area contributed by atoms with E-state index in [-0.39, 0.29) is 5.91 Å². The number of aryl methyl sites for hydroxylation is 3. The van der Waals surface area contributed by atoms with Crippen LogP contribution in [0.4, 0.5) is 5.69 Å². The summed E-state index contributed by atoms with van der Waals surface area (Å²) in [5.74, 6) is 1.32. The van der Waals surface area contributed by atoms with Crippen LogP contribution in [-0.2, 0) is 4.79 Å². The highest BCUT2D eigenvalue weighted by Crippen LogP contribution is 2.34. The number of furan rings is 1. The molecule has 2 aromatic carbocycles. The molecule has 0 spiro atoms. The van der Waals surface area contributed by atoms with E-state index in [4.69, 9.17) is 20.8 Å². The minimum Gasteiger partial charge on any atom is -0.496 e. The van der Waals surface area contributed by atoms with Crippen LogP contribution in [0.15, 0.2) is 40.8 Å². The maximum absolute atomic E-state index is 12.5. The minimum absolute atomic E-state index is 0.222. The molecule has 1 heterocycles. The molecule has 0 saturated heterocycles. The standard InChI is InChI=1S/C22H22ClNO3/c1-12-6-7-16(23)9-19(12)24-22(25)8-13(2)17-10-18-14(3)15(4)27-21(18)11-20(17)26-5/h6-11H,1-5H3,(H,24,25)/b13-8+. The van der Waals surface area contributed by atoms with Gasteiger partial charge in [-0.15, -0.1) is 0 Å². The molecular weight excluding hydrogens is 362 g/mol. The summed E-state index contributed by atoms with van der Waals surface area (Å²) in [5, 5.41) is 4.48. The van der Waals surface area contributed by atoms with Crippen LogP contribution >= 0.6 is 11.6 Å². The van der Waals surface area contributed by atoms with Crippen LogP contribution in [-0.4, -0.2) is 13.0 Å². The number of rotatable bonds is 4. The van der Waals surface area contributed by atoms with E-state index in [9.17, 15) is 4.79 Å². The molecular formula is C22H22ClNO3. The zero-order valence-electron chi connectivity index (χ0n) is 16.1. The summed E-state index contributed by atoms with van der Waals surface area (Å²) in [4.78, 5) is 12.5. The SMILES string of the molecule is COc1cc2oc(C)c(C)c2cc1/C(C)=C/C(=O)Nc1cc(Cl)ccc1C. The largest absolute Gasteiger partial charge is 0.496 e. The van der Waals surface area contributed by atoms with Crippen LogP contribution in [0.25, 0.3) is 16.5 Å². The van der Waals surface area contributed by atoms with Gasteiger partial charge in [0.15, 0.2) is 0 Å². The molecule has 5 heteroatoms. The summed E-state index contributed by atoms with van der Waals surface area (Å²) >= 11 is 6.02. The van der Waals surface area contributed by atoms with Crippen molar-refractivity contribution in [3.05, 3.63) is 63.9 Å². The number of ether oxygens (including phenoxy) is 1. The number of halogens is 1. The zero-order valence-corrected chi connectivity index (χ0v) is 16.8. The lowest BCUT2D eigenvalue weighted by atomic mass is 10.0. The van der Waals surface area contributed by atoms with E-state index in [1.54, 1.807) is 25.3 Å². The zero-order chi connectivity index (χ0) is 19.7. The summed E-state index contributed by atoms with van der Waals surface area (Å²) in [6, 6.07) is 9.27. The molecule has 3 rings (SSSR count). The van der Waals surface area contributed by atoms with Gasteiger partial charge in [0.1, 0.15) is 17.1 Å². The second-order valence-electron chi connectivity index (χ2n) is 6.61. The van der Waals surface area contributed by atoms with Gasteiger partial charge in [-0.05, 0) is 62.6 Å². The molecule has 0 radical (unpaired) electrons. The van der Waals surface area contributed by atoms with Crippen molar-refractivity contribution in [2.24, 2.45) is 0 Å². The normalized spacial score (nSPS) is 11.7. The number of carbonyl (C=O) groups excluding carboxylic acids is 1. The van der Waals surface area contributed by atoms with Crippen molar-refractivity contribution >= 4 is 39.7 Å². The Kier molecular flexibility index (Phi) is 5.29. The maximum atomic E-state index is 12.5. The van der Waals surface area contributed by atoms with Gasteiger partial charge in [-0.2, -0.15) is 0 Å². The first-order valence-corrected chi connectivity index (χ1v) is 9.01. The van der Waals surface area contributed by atoms with Crippen LogP contribution in [0.1, 0.15) is 29.4 Å². The summed E-state index contributed by atoms with van der Waals surface area (Å²) in [6.07, 6.45) is 1.56. The predicted octanol–water partition coefficient (Wildman–Crippen LogP) is 6.06. The summed E-state index contributed by atoms with van der Waals surface area (Å²) < 4.78 is 11.3. The predicted molar refractivity (Wildman–Crippen MR) is 111 cm³/mol. The van der Waals surface area contributed by atoms with E-state index in [2.05, 4.69) is 5.32 Å². The Labute approximate surface area is 163 Å². The summed E-state index contributed by atoms with van der Waals surface area (Å²) in [7, 11) is 1.61. The molecule has 27 heavy (non-hydrogen) atoms. The summed E-state index contributed by atoms with van der Waals surface area (Å²) in [6.45, 7) is 7.76. The van der Waals surface area contributed by atoms with Crippen molar-refractivity contribution in [2.45, 2.75) is 27.7 Å². The fourth-order valence-electron chi connectivity index (χ4n) is 3.02. The monoisotopic (exact) mass is 383 g/mol. The van der Waals surface area contributed by atoms with Crippen LogP contribution in [0.2, 0.25) is 5.02 Å². The van der Waals surface area contributed by atoms with E-state index in [0.717, 1.165) is 39.0 Å². The lowest BCUT2D eigenvalue weighted by molar-refractivity contribution is -0.111. The Morgan fingerprint density at radius 2 is 1.93 bits per heavy atom. The Hall–Kier alpha value is -2.72. The van der Waals surface area contributed by atoms with Gasteiger partial charge in [-0.1, -0.05) is 17.7 Å². The fraction of sp³-hybridized carbons (Fsp3) is 0.227. The first-order chi connectivity index (χ1) is 12.8. The molecule has 0 aliphatic rings. The molecule has 0 saturated carbocycles.